The van der Waals surface area contributed by atoms with Crippen molar-refractivity contribution in [2.45, 2.75) is 39.7 Å². The number of rotatable bonds is 7. The number of hydrogen-bond acceptors (Lipinski definition) is 2. The van der Waals surface area contributed by atoms with Gasteiger partial charge in [-0.2, -0.15) is 0 Å². The Hall–Kier alpha value is -1.37. The van der Waals surface area contributed by atoms with E-state index in [4.69, 9.17) is 9.84 Å². The summed E-state index contributed by atoms with van der Waals surface area (Å²) in [4.78, 5) is 0. The predicted octanol–water partition coefficient (Wildman–Crippen LogP) is 3.51. The maximum atomic E-state index is 13.4. The molecule has 0 fully saturated rings. The van der Waals surface area contributed by atoms with Crippen LogP contribution >= 0.6 is 0 Å². The van der Waals surface area contributed by atoms with E-state index in [0.717, 1.165) is 18.4 Å². The summed E-state index contributed by atoms with van der Waals surface area (Å²) in [6, 6.07) is 4.70. The lowest BCUT2D eigenvalue weighted by molar-refractivity contribution is 0.114. The zero-order valence-electron chi connectivity index (χ0n) is 12.3. The summed E-state index contributed by atoms with van der Waals surface area (Å²) in [7, 11) is 0. The highest BCUT2D eigenvalue weighted by molar-refractivity contribution is 5.37. The first kappa shape index (κ1) is 16.7. The van der Waals surface area contributed by atoms with Gasteiger partial charge in [-0.05, 0) is 42.5 Å². The van der Waals surface area contributed by atoms with Crippen molar-refractivity contribution in [2.24, 2.45) is 5.92 Å². The van der Waals surface area contributed by atoms with E-state index in [1.54, 1.807) is 0 Å². The van der Waals surface area contributed by atoms with Crippen LogP contribution in [-0.2, 0) is 11.3 Å². The summed E-state index contributed by atoms with van der Waals surface area (Å²) in [5, 5.41) is 8.66. The molecule has 1 aromatic rings. The van der Waals surface area contributed by atoms with Crippen molar-refractivity contribution < 1.29 is 14.2 Å². The molecule has 0 heterocycles. The first-order valence-electron chi connectivity index (χ1n) is 7.08. The Bertz CT molecular complexity index is 458. The number of benzene rings is 1. The molecule has 0 amide bonds. The van der Waals surface area contributed by atoms with Gasteiger partial charge in [-0.15, -0.1) is 0 Å². The van der Waals surface area contributed by atoms with Gasteiger partial charge in [0.1, 0.15) is 5.82 Å². The molecule has 20 heavy (non-hydrogen) atoms. The molecule has 110 valence electrons. The Balaban J connectivity index is 2.47. The van der Waals surface area contributed by atoms with Crippen molar-refractivity contribution >= 4 is 0 Å². The smallest absolute Gasteiger partial charge is 0.124 e. The standard InChI is InChI=1S/C17H23FO2/c1-14(2)6-5-9-20-13-16-10-15(7-3-4-8-19)11-17(18)12-16/h10-12,14,19H,4-6,8-9,13H2,1-2H3. The molecule has 0 saturated carbocycles. The first-order valence-corrected chi connectivity index (χ1v) is 7.08. The lowest BCUT2D eigenvalue weighted by Gasteiger charge is -2.07. The monoisotopic (exact) mass is 278 g/mol. The van der Waals surface area contributed by atoms with Gasteiger partial charge < -0.3 is 9.84 Å². The molecule has 1 rings (SSSR count). The van der Waals surface area contributed by atoms with Crippen molar-refractivity contribution in [1.82, 2.24) is 0 Å². The maximum absolute atomic E-state index is 13.4. The first-order chi connectivity index (χ1) is 9.61. The average molecular weight is 278 g/mol. The minimum absolute atomic E-state index is 0.0220. The van der Waals surface area contributed by atoms with Gasteiger partial charge >= 0.3 is 0 Å². The normalized spacial score (nSPS) is 10.4. The van der Waals surface area contributed by atoms with Crippen LogP contribution in [0.15, 0.2) is 18.2 Å². The molecular weight excluding hydrogens is 255 g/mol. The SMILES string of the molecule is CC(C)CCCOCc1cc(F)cc(C#CCCO)c1. The van der Waals surface area contributed by atoms with E-state index in [1.807, 2.05) is 6.07 Å². The van der Waals surface area contributed by atoms with Gasteiger partial charge in [0, 0.05) is 18.6 Å². The van der Waals surface area contributed by atoms with E-state index in [0.29, 0.717) is 31.1 Å². The quantitative estimate of drug-likeness (QED) is 0.611. The highest BCUT2D eigenvalue weighted by Gasteiger charge is 2.00. The summed E-state index contributed by atoms with van der Waals surface area (Å²) in [5.74, 6) is 6.00. The fraction of sp³-hybridized carbons (Fsp3) is 0.529. The maximum Gasteiger partial charge on any atom is 0.124 e. The highest BCUT2D eigenvalue weighted by atomic mass is 19.1. The second-order valence-electron chi connectivity index (χ2n) is 5.21. The van der Waals surface area contributed by atoms with Gasteiger partial charge in [-0.3, -0.25) is 0 Å². The molecule has 0 aliphatic carbocycles. The van der Waals surface area contributed by atoms with Gasteiger partial charge in [0.15, 0.2) is 0 Å². The van der Waals surface area contributed by atoms with Crippen molar-refractivity contribution in [3.63, 3.8) is 0 Å². The minimum atomic E-state index is -0.304. The zero-order valence-corrected chi connectivity index (χ0v) is 12.3. The Kier molecular flexibility index (Phi) is 7.94. The van der Waals surface area contributed by atoms with E-state index in [1.165, 1.54) is 12.1 Å². The van der Waals surface area contributed by atoms with Gasteiger partial charge in [0.05, 0.1) is 13.2 Å². The van der Waals surface area contributed by atoms with Crippen LogP contribution in [0.1, 0.15) is 44.2 Å². The van der Waals surface area contributed by atoms with Crippen molar-refractivity contribution in [2.75, 3.05) is 13.2 Å². The minimum Gasteiger partial charge on any atom is -0.395 e. The van der Waals surface area contributed by atoms with Crippen molar-refractivity contribution in [3.05, 3.63) is 35.1 Å². The molecular formula is C17H23FO2. The van der Waals surface area contributed by atoms with Crippen LogP contribution < -0.4 is 0 Å². The summed E-state index contributed by atoms with van der Waals surface area (Å²) in [6.45, 7) is 5.49. The van der Waals surface area contributed by atoms with Crippen LogP contribution in [0.4, 0.5) is 4.39 Å². The van der Waals surface area contributed by atoms with Crippen LogP contribution in [0.5, 0.6) is 0 Å². The molecule has 0 aromatic heterocycles. The van der Waals surface area contributed by atoms with Gasteiger partial charge in [-0.1, -0.05) is 25.7 Å². The largest absolute Gasteiger partial charge is 0.395 e. The predicted molar refractivity (Wildman–Crippen MR) is 78.7 cm³/mol. The van der Waals surface area contributed by atoms with Crippen molar-refractivity contribution in [1.29, 1.82) is 0 Å². The molecule has 3 heteroatoms. The molecule has 0 radical (unpaired) electrons. The summed E-state index contributed by atoms with van der Waals surface area (Å²) in [5.41, 5.74) is 1.42. The topological polar surface area (TPSA) is 29.5 Å². The molecule has 0 spiro atoms. The average Bonchev–Trinajstić information content (AvgIpc) is 2.38. The van der Waals surface area contributed by atoms with E-state index >= 15 is 0 Å². The van der Waals surface area contributed by atoms with Gasteiger partial charge in [0.2, 0.25) is 0 Å². The van der Waals surface area contributed by atoms with Crippen molar-refractivity contribution in [3.8, 4) is 11.8 Å². The second kappa shape index (κ2) is 9.52. The third-order valence-electron chi connectivity index (χ3n) is 2.77. The number of aliphatic hydroxyl groups is 1. The van der Waals surface area contributed by atoms with Gasteiger partial charge in [-0.25, -0.2) is 4.39 Å². The molecule has 2 nitrogen and oxygen atoms in total. The molecule has 0 aliphatic rings. The van der Waals surface area contributed by atoms with Gasteiger partial charge in [0.25, 0.3) is 0 Å². The fourth-order valence-corrected chi connectivity index (χ4v) is 1.81. The third kappa shape index (κ3) is 7.28. The summed E-state index contributed by atoms with van der Waals surface area (Å²) in [6.07, 6.45) is 2.56. The van der Waals surface area contributed by atoms with Crippen LogP contribution in [0.25, 0.3) is 0 Å². The number of aliphatic hydroxyl groups excluding tert-OH is 1. The molecule has 1 N–H and O–H groups in total. The summed E-state index contributed by atoms with van der Waals surface area (Å²) >= 11 is 0. The number of halogens is 1. The molecule has 1 aromatic carbocycles. The molecule has 0 aliphatic heterocycles. The van der Waals surface area contributed by atoms with Crippen LogP contribution in [0.3, 0.4) is 0 Å². The van der Waals surface area contributed by atoms with E-state index in [-0.39, 0.29) is 12.4 Å². The fourth-order valence-electron chi connectivity index (χ4n) is 1.81. The van der Waals surface area contributed by atoms with Crippen LogP contribution in [0, 0.1) is 23.6 Å². The Labute approximate surface area is 121 Å². The molecule has 0 unspecified atom stereocenters. The lowest BCUT2D eigenvalue weighted by atomic mass is 10.1. The Morgan fingerprint density at radius 1 is 1.30 bits per heavy atom. The third-order valence-corrected chi connectivity index (χ3v) is 2.77. The molecule has 0 saturated heterocycles. The Morgan fingerprint density at radius 2 is 2.10 bits per heavy atom. The van der Waals surface area contributed by atoms with E-state index in [9.17, 15) is 4.39 Å². The molecule has 0 atom stereocenters. The second-order valence-corrected chi connectivity index (χ2v) is 5.21. The molecule has 0 bridgehead atoms. The lowest BCUT2D eigenvalue weighted by Crippen LogP contribution is -1.98. The number of ether oxygens (including phenoxy) is 1. The zero-order chi connectivity index (χ0) is 14.8. The number of hydrogen-bond donors (Lipinski definition) is 1. The summed E-state index contributed by atoms with van der Waals surface area (Å²) < 4.78 is 19.0. The van der Waals surface area contributed by atoms with Crippen LogP contribution in [0.2, 0.25) is 0 Å². The van der Waals surface area contributed by atoms with Crippen LogP contribution in [-0.4, -0.2) is 18.3 Å². The van der Waals surface area contributed by atoms with E-state index < -0.39 is 0 Å². The Morgan fingerprint density at radius 3 is 2.80 bits per heavy atom. The highest BCUT2D eigenvalue weighted by Crippen LogP contribution is 2.11. The van der Waals surface area contributed by atoms with E-state index in [2.05, 4.69) is 25.7 Å².